The van der Waals surface area contributed by atoms with Gasteiger partial charge < -0.3 is 41.0 Å². The van der Waals surface area contributed by atoms with Gasteiger partial charge in [0.2, 0.25) is 12.6 Å². The van der Waals surface area contributed by atoms with Gasteiger partial charge in [0.1, 0.15) is 29.4 Å². The van der Waals surface area contributed by atoms with Crippen LogP contribution in [0, 0.1) is 17.3 Å². The summed E-state index contributed by atoms with van der Waals surface area (Å²) in [6.45, 7) is 3.97. The molecule has 1 amide bonds. The number of ketones is 2. The monoisotopic (exact) mass is 601 g/mol. The van der Waals surface area contributed by atoms with Crippen LogP contribution in [0.4, 0.5) is 5.69 Å². The summed E-state index contributed by atoms with van der Waals surface area (Å²) < 4.78 is 9.87. The van der Waals surface area contributed by atoms with Crippen molar-refractivity contribution in [3.8, 4) is 5.75 Å². The van der Waals surface area contributed by atoms with Crippen molar-refractivity contribution in [2.45, 2.75) is 45.3 Å². The van der Waals surface area contributed by atoms with E-state index in [-0.39, 0.29) is 30.5 Å². The molecular formula is C29H35N3O11. The van der Waals surface area contributed by atoms with E-state index < -0.39 is 87.9 Å². The Labute approximate surface area is 246 Å². The van der Waals surface area contributed by atoms with E-state index in [1.807, 2.05) is 0 Å². The normalized spacial score (nSPS) is 25.1. The number of likely N-dealkylation sites (N-methyl/N-ethyl adjacent to an activating group) is 1. The third-order valence-electron chi connectivity index (χ3n) is 8.05. The molecule has 0 unspecified atom stereocenters. The summed E-state index contributed by atoms with van der Waals surface area (Å²) in [6, 6.07) is 1.48. The lowest BCUT2D eigenvalue weighted by Crippen LogP contribution is -2.65. The Morgan fingerprint density at radius 3 is 2.35 bits per heavy atom. The van der Waals surface area contributed by atoms with E-state index in [1.54, 1.807) is 20.8 Å². The number of phenolic OH excluding ortho intramolecular Hbond substituents is 1. The number of anilines is 1. The number of ether oxygens (including phenoxy) is 2. The van der Waals surface area contributed by atoms with Gasteiger partial charge in [-0.2, -0.15) is 0 Å². The van der Waals surface area contributed by atoms with Crippen LogP contribution in [0.3, 0.4) is 0 Å². The maximum absolute atomic E-state index is 13.9. The molecule has 3 aliphatic carbocycles. The first kappa shape index (κ1) is 31.5. The molecule has 14 nitrogen and oxygen atoms in total. The summed E-state index contributed by atoms with van der Waals surface area (Å²) in [5, 5.41) is 47.4. The predicted molar refractivity (Wildman–Crippen MR) is 149 cm³/mol. The second-order valence-electron chi connectivity index (χ2n) is 12.1. The van der Waals surface area contributed by atoms with E-state index in [2.05, 4.69) is 5.32 Å². The average Bonchev–Trinajstić information content (AvgIpc) is 2.89. The largest absolute Gasteiger partial charge is 0.508 e. The SMILES string of the molecule is CN(C)[C@@H]1C(=O)C(C(N)=O)=C(O)[C@@]2(O)C(=O)C3=C(O)c4c(O)ccc(NCC(=O)OCOC(=O)C(C)(C)C)c4C[C@H]3C[C@@H]12. The highest BCUT2D eigenvalue weighted by atomic mass is 16.7. The maximum atomic E-state index is 13.9. The minimum atomic E-state index is -2.74. The lowest BCUT2D eigenvalue weighted by molar-refractivity contribution is -0.172. The summed E-state index contributed by atoms with van der Waals surface area (Å²) in [5.74, 6) is -8.84. The van der Waals surface area contributed by atoms with Gasteiger partial charge in [0, 0.05) is 17.2 Å². The van der Waals surface area contributed by atoms with Crippen molar-refractivity contribution < 1.29 is 53.9 Å². The first-order valence-corrected chi connectivity index (χ1v) is 13.5. The summed E-state index contributed by atoms with van der Waals surface area (Å²) in [5.41, 5.74) is 1.15. The fraction of sp³-hybridized carbons (Fsp3) is 0.483. The lowest BCUT2D eigenvalue weighted by Gasteiger charge is -2.50. The number of nitrogens with two attached hydrogens (primary N) is 1. The number of amides is 1. The van der Waals surface area contributed by atoms with Gasteiger partial charge in [-0.15, -0.1) is 0 Å². The molecule has 0 radical (unpaired) electrons. The number of nitrogens with one attached hydrogen (secondary N) is 1. The van der Waals surface area contributed by atoms with Crippen LogP contribution in [0.15, 0.2) is 29.0 Å². The topological polar surface area (TPSA) is 226 Å². The molecule has 0 spiro atoms. The third-order valence-corrected chi connectivity index (χ3v) is 8.05. The number of hydrogen-bond donors (Lipinski definition) is 6. The molecule has 232 valence electrons. The van der Waals surface area contributed by atoms with E-state index in [1.165, 1.54) is 31.1 Å². The lowest BCUT2D eigenvalue weighted by atomic mass is 9.57. The molecule has 1 aromatic carbocycles. The summed E-state index contributed by atoms with van der Waals surface area (Å²) in [7, 11) is 3.02. The van der Waals surface area contributed by atoms with Crippen LogP contribution in [0.1, 0.15) is 38.3 Å². The molecule has 0 heterocycles. The Morgan fingerprint density at radius 1 is 1.12 bits per heavy atom. The number of primary amides is 1. The molecule has 1 fully saturated rings. The quantitative estimate of drug-likeness (QED) is 0.108. The van der Waals surface area contributed by atoms with E-state index in [9.17, 15) is 44.4 Å². The molecule has 0 saturated heterocycles. The van der Waals surface area contributed by atoms with Gasteiger partial charge in [0.05, 0.1) is 17.0 Å². The molecule has 4 rings (SSSR count). The van der Waals surface area contributed by atoms with Crippen LogP contribution >= 0.6 is 0 Å². The molecule has 0 aliphatic heterocycles. The maximum Gasteiger partial charge on any atom is 0.328 e. The molecule has 1 aromatic rings. The van der Waals surface area contributed by atoms with E-state index in [4.69, 9.17) is 15.2 Å². The van der Waals surface area contributed by atoms with Crippen LogP contribution in [0.5, 0.6) is 5.75 Å². The number of rotatable bonds is 7. The number of Topliss-reactive ketones (excluding diaryl/α,β-unsaturated/α-hetero) is 2. The second-order valence-corrected chi connectivity index (χ2v) is 12.1. The van der Waals surface area contributed by atoms with Gasteiger partial charge in [0.25, 0.3) is 5.91 Å². The molecule has 4 atom stereocenters. The molecule has 3 aliphatic rings. The molecule has 14 heteroatoms. The van der Waals surface area contributed by atoms with Crippen LogP contribution in [0.25, 0.3) is 5.76 Å². The van der Waals surface area contributed by atoms with Crippen molar-refractivity contribution in [2.75, 3.05) is 32.7 Å². The smallest absolute Gasteiger partial charge is 0.328 e. The Bertz CT molecular complexity index is 1490. The van der Waals surface area contributed by atoms with Crippen molar-refractivity contribution in [2.24, 2.45) is 23.0 Å². The van der Waals surface area contributed by atoms with E-state index in [0.29, 0.717) is 11.3 Å². The number of carbonyl (C=O) groups is 5. The van der Waals surface area contributed by atoms with Crippen LogP contribution < -0.4 is 11.1 Å². The number of aliphatic hydroxyl groups is 3. The zero-order chi connectivity index (χ0) is 32.2. The van der Waals surface area contributed by atoms with Crippen molar-refractivity contribution in [3.63, 3.8) is 0 Å². The Balaban J connectivity index is 1.67. The number of phenols is 1. The summed E-state index contributed by atoms with van der Waals surface area (Å²) in [6.07, 6.45) is -0.0500. The zero-order valence-corrected chi connectivity index (χ0v) is 24.4. The van der Waals surface area contributed by atoms with Crippen LogP contribution in [-0.2, 0) is 39.9 Å². The summed E-state index contributed by atoms with van der Waals surface area (Å²) >= 11 is 0. The van der Waals surface area contributed by atoms with E-state index >= 15 is 0 Å². The van der Waals surface area contributed by atoms with Crippen molar-refractivity contribution in [3.05, 3.63) is 40.2 Å². The minimum Gasteiger partial charge on any atom is -0.508 e. The first-order valence-electron chi connectivity index (χ1n) is 13.5. The number of esters is 2. The number of carbonyl (C=O) groups excluding carboxylic acids is 5. The number of fused-ring (bicyclic) bond motifs is 3. The van der Waals surface area contributed by atoms with Crippen molar-refractivity contribution in [1.82, 2.24) is 4.90 Å². The van der Waals surface area contributed by atoms with Gasteiger partial charge in [0.15, 0.2) is 11.4 Å². The molecule has 0 bridgehead atoms. The highest BCUT2D eigenvalue weighted by Gasteiger charge is 2.64. The van der Waals surface area contributed by atoms with Gasteiger partial charge in [-0.05, 0) is 71.3 Å². The van der Waals surface area contributed by atoms with Gasteiger partial charge in [-0.3, -0.25) is 28.9 Å². The van der Waals surface area contributed by atoms with E-state index in [0.717, 1.165) is 0 Å². The number of benzene rings is 1. The molecular weight excluding hydrogens is 566 g/mol. The second kappa shape index (κ2) is 11.0. The number of nitrogens with zero attached hydrogens (tertiary/aromatic N) is 1. The molecule has 43 heavy (non-hydrogen) atoms. The van der Waals surface area contributed by atoms with Crippen molar-refractivity contribution in [1.29, 1.82) is 0 Å². The van der Waals surface area contributed by atoms with Crippen LogP contribution in [0.2, 0.25) is 0 Å². The fourth-order valence-electron chi connectivity index (χ4n) is 5.99. The first-order chi connectivity index (χ1) is 19.9. The molecule has 7 N–H and O–H groups in total. The Morgan fingerprint density at radius 2 is 1.77 bits per heavy atom. The third kappa shape index (κ3) is 5.20. The number of hydrogen-bond acceptors (Lipinski definition) is 13. The highest BCUT2D eigenvalue weighted by Crippen LogP contribution is 2.53. The zero-order valence-electron chi connectivity index (χ0n) is 24.4. The summed E-state index contributed by atoms with van der Waals surface area (Å²) in [4.78, 5) is 64.7. The Kier molecular flexibility index (Phi) is 8.06. The van der Waals surface area contributed by atoms with Gasteiger partial charge in [-0.1, -0.05) is 0 Å². The number of aromatic hydroxyl groups is 1. The number of aliphatic hydroxyl groups excluding tert-OH is 2. The standard InChI is InChI=1S/C29H35N3O11/c1-28(2,3)27(40)43-11-42-17(34)10-31-15-6-7-16(33)19-13(15)8-12-9-14-21(32(4)5)23(36)20(26(30)39)25(38)29(14,41)24(37)18(12)22(19)35/h6-7,12,14,21,31,33,35,38,41H,8-11H2,1-5H3,(H2,30,39)/t12-,14-,21-,29-/m0/s1. The minimum absolute atomic E-state index is 0.0313. The fourth-order valence-corrected chi connectivity index (χ4v) is 5.99. The Hall–Kier alpha value is -4.43. The highest BCUT2D eigenvalue weighted by molar-refractivity contribution is 6.24. The predicted octanol–water partition coefficient (Wildman–Crippen LogP) is 0.466. The van der Waals surface area contributed by atoms with Gasteiger partial charge in [-0.25, -0.2) is 0 Å². The van der Waals surface area contributed by atoms with Crippen LogP contribution in [-0.4, -0.2) is 93.8 Å². The van der Waals surface area contributed by atoms with Gasteiger partial charge >= 0.3 is 11.9 Å². The molecule has 1 saturated carbocycles. The molecule has 0 aromatic heterocycles. The average molecular weight is 602 g/mol. The van der Waals surface area contributed by atoms with Crippen molar-refractivity contribution >= 4 is 40.9 Å².